The van der Waals surface area contributed by atoms with Crippen LogP contribution < -0.4 is 16.8 Å². The summed E-state index contributed by atoms with van der Waals surface area (Å²) < 4.78 is 6.08. The first kappa shape index (κ1) is 24.4. The summed E-state index contributed by atoms with van der Waals surface area (Å²) in [5, 5.41) is 3.36. The van der Waals surface area contributed by atoms with Crippen LogP contribution in [0.2, 0.25) is 0 Å². The molecule has 3 aliphatic rings. The number of hydrogen-bond acceptors (Lipinski definition) is 6. The van der Waals surface area contributed by atoms with Gasteiger partial charge in [0.25, 0.3) is 0 Å². The van der Waals surface area contributed by atoms with Gasteiger partial charge in [0.15, 0.2) is 0 Å². The van der Waals surface area contributed by atoms with Crippen molar-refractivity contribution < 1.29 is 19.1 Å². The van der Waals surface area contributed by atoms with Crippen LogP contribution in [0.3, 0.4) is 0 Å². The summed E-state index contributed by atoms with van der Waals surface area (Å²) in [6, 6.07) is 0. The van der Waals surface area contributed by atoms with Gasteiger partial charge in [-0.2, -0.15) is 0 Å². The molecule has 0 unspecified atom stereocenters. The number of nitrogens with one attached hydrogen (secondary N) is 1. The molecule has 10 heteroatoms. The van der Waals surface area contributed by atoms with Crippen LogP contribution >= 0.6 is 27.3 Å². The van der Waals surface area contributed by atoms with E-state index in [1.807, 2.05) is 20.8 Å². The first-order valence-electron chi connectivity index (χ1n) is 11.6. The Morgan fingerprint density at radius 1 is 1.18 bits per heavy atom. The van der Waals surface area contributed by atoms with Gasteiger partial charge in [0, 0.05) is 6.54 Å². The van der Waals surface area contributed by atoms with E-state index in [0.717, 1.165) is 29.5 Å². The molecule has 1 aromatic rings. The number of thiazole rings is 1. The highest BCUT2D eigenvalue weighted by atomic mass is 79.9. The zero-order chi connectivity index (χ0) is 24.2. The van der Waals surface area contributed by atoms with Gasteiger partial charge in [0.1, 0.15) is 16.0 Å². The van der Waals surface area contributed by atoms with E-state index < -0.39 is 34.3 Å². The zero-order valence-electron chi connectivity index (χ0n) is 19.4. The number of ether oxygens (including phenoxy) is 1. The molecule has 1 aromatic heterocycles. The first-order chi connectivity index (χ1) is 15.4. The molecule has 3 aliphatic carbocycles. The molecular weight excluding hydrogens is 508 g/mol. The number of halogens is 1. The standard InChI is InChI=1S/C23H33BrN4O4S/c1-20(2,3)32-19(31)27-11-5-4-8-22(16(25)29)13-6-7-14(21(13)9-10-21)23(22,17(26)30)18-28-12-15(24)33-18/h12-14H,4-11H2,1-3H3,(H2,25,29)(H2,26,30)(H,27,31)/t13-,14+,22+,23-/m1/s1. The van der Waals surface area contributed by atoms with Crippen LogP contribution in [0.1, 0.15) is 70.7 Å². The first-order valence-corrected chi connectivity index (χ1v) is 13.2. The lowest BCUT2D eigenvalue weighted by atomic mass is 9.53. The lowest BCUT2D eigenvalue weighted by Crippen LogP contribution is -2.63. The van der Waals surface area contributed by atoms with Crippen LogP contribution in [0.4, 0.5) is 4.79 Å². The topological polar surface area (TPSA) is 137 Å². The Morgan fingerprint density at radius 3 is 2.36 bits per heavy atom. The van der Waals surface area contributed by atoms with Crippen molar-refractivity contribution in [3.05, 3.63) is 15.0 Å². The van der Waals surface area contributed by atoms with E-state index >= 15 is 0 Å². The van der Waals surface area contributed by atoms with E-state index in [-0.39, 0.29) is 17.3 Å². The largest absolute Gasteiger partial charge is 0.444 e. The van der Waals surface area contributed by atoms with Crippen molar-refractivity contribution in [2.45, 2.75) is 76.7 Å². The molecular formula is C23H33BrN4O4S. The summed E-state index contributed by atoms with van der Waals surface area (Å²) in [5.41, 5.74) is 9.51. The van der Waals surface area contributed by atoms with Crippen molar-refractivity contribution in [1.29, 1.82) is 0 Å². The Morgan fingerprint density at radius 2 is 1.85 bits per heavy atom. The summed E-state index contributed by atoms with van der Waals surface area (Å²) in [6.45, 7) is 5.85. The third kappa shape index (κ3) is 3.59. The van der Waals surface area contributed by atoms with Crippen LogP contribution in [0.15, 0.2) is 9.98 Å². The minimum absolute atomic E-state index is 0.0158. The second-order valence-corrected chi connectivity index (χ2v) is 13.2. The maximum Gasteiger partial charge on any atom is 0.407 e. The maximum absolute atomic E-state index is 13.4. The Kier molecular flexibility index (Phi) is 6.09. The summed E-state index contributed by atoms with van der Waals surface area (Å²) in [4.78, 5) is 43.2. The van der Waals surface area contributed by atoms with E-state index in [2.05, 4.69) is 26.2 Å². The average Bonchev–Trinajstić information content (AvgIpc) is 3.16. The molecule has 0 aliphatic heterocycles. The number of hydrogen-bond donors (Lipinski definition) is 3. The molecule has 5 N–H and O–H groups in total. The second kappa shape index (κ2) is 8.22. The summed E-state index contributed by atoms with van der Waals surface area (Å²) in [6.07, 6.45) is 6.65. The number of carbonyl (C=O) groups excluding carboxylic acids is 3. The highest BCUT2D eigenvalue weighted by molar-refractivity contribution is 9.11. The molecule has 0 aromatic carbocycles. The lowest BCUT2D eigenvalue weighted by molar-refractivity contribution is -0.147. The number of rotatable bonds is 8. The predicted molar refractivity (Wildman–Crippen MR) is 128 cm³/mol. The number of unbranched alkanes of at least 4 members (excludes halogenated alkanes) is 1. The minimum atomic E-state index is -1.19. The number of primary amides is 2. The van der Waals surface area contributed by atoms with Gasteiger partial charge < -0.3 is 21.5 Å². The Bertz CT molecular complexity index is 972. The fourth-order valence-corrected chi connectivity index (χ4v) is 8.67. The number of alkyl carbamates (subject to hydrolysis) is 1. The molecule has 3 fully saturated rings. The molecule has 0 radical (unpaired) electrons. The van der Waals surface area contributed by atoms with Gasteiger partial charge in [0.05, 0.1) is 15.4 Å². The molecule has 2 bridgehead atoms. The zero-order valence-corrected chi connectivity index (χ0v) is 21.8. The number of nitrogens with two attached hydrogens (primary N) is 2. The molecule has 4 rings (SSSR count). The van der Waals surface area contributed by atoms with Crippen molar-refractivity contribution in [1.82, 2.24) is 10.3 Å². The molecule has 8 nitrogen and oxygen atoms in total. The molecule has 0 saturated heterocycles. The van der Waals surface area contributed by atoms with Crippen molar-refractivity contribution in [3.63, 3.8) is 0 Å². The minimum Gasteiger partial charge on any atom is -0.444 e. The van der Waals surface area contributed by atoms with Crippen LogP contribution in [0.5, 0.6) is 0 Å². The lowest BCUT2D eigenvalue weighted by Gasteiger charge is -2.48. The SMILES string of the molecule is CC(C)(C)OC(=O)NCCCC[C@@]1(C(N)=O)[C@@H]2CC[C@@H](C23CC3)[C@@]1(C(N)=O)c1ncc(Br)s1. The molecule has 1 spiro atoms. The smallest absolute Gasteiger partial charge is 0.407 e. The Balaban J connectivity index is 1.61. The van der Waals surface area contributed by atoms with E-state index in [4.69, 9.17) is 16.2 Å². The van der Waals surface area contributed by atoms with Gasteiger partial charge in [-0.15, -0.1) is 11.3 Å². The van der Waals surface area contributed by atoms with E-state index in [9.17, 15) is 14.4 Å². The molecule has 182 valence electrons. The van der Waals surface area contributed by atoms with E-state index in [1.165, 1.54) is 11.3 Å². The maximum atomic E-state index is 13.4. The van der Waals surface area contributed by atoms with Gasteiger partial charge in [-0.25, -0.2) is 9.78 Å². The van der Waals surface area contributed by atoms with Crippen LogP contribution in [-0.4, -0.2) is 35.0 Å². The normalized spacial score (nSPS) is 31.5. The van der Waals surface area contributed by atoms with Crippen molar-refractivity contribution in [2.75, 3.05) is 6.54 Å². The third-order valence-electron chi connectivity index (χ3n) is 8.09. The summed E-state index contributed by atoms with van der Waals surface area (Å²) in [7, 11) is 0. The monoisotopic (exact) mass is 540 g/mol. The van der Waals surface area contributed by atoms with Gasteiger partial charge in [-0.3, -0.25) is 9.59 Å². The van der Waals surface area contributed by atoms with Gasteiger partial charge in [-0.1, -0.05) is 6.42 Å². The van der Waals surface area contributed by atoms with Crippen molar-refractivity contribution in [2.24, 2.45) is 34.1 Å². The fraction of sp³-hybridized carbons (Fsp3) is 0.739. The molecule has 3 amide bonds. The highest BCUT2D eigenvalue weighted by Gasteiger charge is 2.84. The number of aromatic nitrogens is 1. The summed E-state index contributed by atoms with van der Waals surface area (Å²) >= 11 is 4.84. The van der Waals surface area contributed by atoms with E-state index in [1.54, 1.807) is 6.20 Å². The predicted octanol–water partition coefficient (Wildman–Crippen LogP) is 3.62. The third-order valence-corrected chi connectivity index (χ3v) is 9.70. The quantitative estimate of drug-likeness (QED) is 0.432. The highest BCUT2D eigenvalue weighted by Crippen LogP contribution is 2.83. The van der Waals surface area contributed by atoms with Gasteiger partial charge in [0.2, 0.25) is 11.8 Å². The van der Waals surface area contributed by atoms with Crippen LogP contribution in [-0.2, 0) is 19.7 Å². The number of carbonyl (C=O) groups is 3. The average molecular weight is 542 g/mol. The molecule has 33 heavy (non-hydrogen) atoms. The number of nitrogens with zero attached hydrogens (tertiary/aromatic N) is 1. The second-order valence-electron chi connectivity index (χ2n) is 10.8. The Labute approximate surface area is 206 Å². The summed E-state index contributed by atoms with van der Waals surface area (Å²) in [5.74, 6) is -0.931. The molecule has 3 saturated carbocycles. The fourth-order valence-electron chi connectivity index (χ4n) is 7.13. The number of amides is 3. The van der Waals surface area contributed by atoms with E-state index in [0.29, 0.717) is 30.8 Å². The van der Waals surface area contributed by atoms with Crippen molar-refractivity contribution in [3.8, 4) is 0 Å². The Hall–Kier alpha value is -1.68. The van der Waals surface area contributed by atoms with Crippen LogP contribution in [0.25, 0.3) is 0 Å². The van der Waals surface area contributed by atoms with Gasteiger partial charge in [-0.05, 0) is 92.5 Å². The van der Waals surface area contributed by atoms with Crippen LogP contribution in [0, 0.1) is 22.7 Å². The van der Waals surface area contributed by atoms with Gasteiger partial charge >= 0.3 is 6.09 Å². The molecule has 1 heterocycles. The van der Waals surface area contributed by atoms with Crippen molar-refractivity contribution >= 4 is 45.2 Å². The molecule has 4 atom stereocenters.